The summed E-state index contributed by atoms with van der Waals surface area (Å²) < 4.78 is 19.8. The van der Waals surface area contributed by atoms with E-state index in [-0.39, 0.29) is 23.4 Å². The van der Waals surface area contributed by atoms with E-state index < -0.39 is 5.60 Å². The zero-order valence-corrected chi connectivity index (χ0v) is 19.2. The molecule has 2 aliphatic heterocycles. The van der Waals surface area contributed by atoms with Crippen molar-refractivity contribution in [1.29, 1.82) is 0 Å². The summed E-state index contributed by atoms with van der Waals surface area (Å²) in [5.74, 6) is 0.606. The van der Waals surface area contributed by atoms with Gasteiger partial charge in [-0.1, -0.05) is 6.07 Å². The lowest BCUT2D eigenvalue weighted by atomic mass is 9.77. The van der Waals surface area contributed by atoms with Gasteiger partial charge in [-0.05, 0) is 103 Å². The lowest BCUT2D eigenvalue weighted by molar-refractivity contribution is -0.00683. The van der Waals surface area contributed by atoms with Crippen LogP contribution in [0, 0.1) is 11.7 Å². The molecule has 2 saturated heterocycles. The molecule has 2 aliphatic rings. The van der Waals surface area contributed by atoms with Gasteiger partial charge in [0.25, 0.3) is 0 Å². The number of anilines is 1. The predicted octanol–water partition coefficient (Wildman–Crippen LogP) is 5.01. The van der Waals surface area contributed by atoms with Crippen LogP contribution in [0.4, 0.5) is 14.9 Å². The first-order chi connectivity index (χ1) is 14.0. The number of ether oxygens (including phenoxy) is 1. The number of nitrogens with zero attached hydrogens (tertiary/aromatic N) is 2. The third-order valence-electron chi connectivity index (χ3n) is 6.92. The average molecular weight is 420 g/mol. The SMILES string of the molecule is CC(C)(C)OC(=O)N1CCC(C(C)(C)N2CCC(c3ccc(N)cc3F)CC2)CC1. The molecule has 6 heteroatoms. The molecule has 2 heterocycles. The van der Waals surface area contributed by atoms with Gasteiger partial charge in [-0.15, -0.1) is 0 Å². The van der Waals surface area contributed by atoms with Gasteiger partial charge in [0.1, 0.15) is 11.4 Å². The largest absolute Gasteiger partial charge is 0.444 e. The van der Waals surface area contributed by atoms with Gasteiger partial charge in [0.15, 0.2) is 0 Å². The van der Waals surface area contributed by atoms with Crippen molar-refractivity contribution in [1.82, 2.24) is 9.80 Å². The minimum absolute atomic E-state index is 0.0602. The van der Waals surface area contributed by atoms with Crippen LogP contribution in [0.1, 0.15) is 71.8 Å². The molecule has 3 rings (SSSR count). The number of benzene rings is 1. The van der Waals surface area contributed by atoms with E-state index in [4.69, 9.17) is 10.5 Å². The highest BCUT2D eigenvalue weighted by Gasteiger charge is 2.40. The second kappa shape index (κ2) is 8.74. The lowest BCUT2D eigenvalue weighted by Gasteiger charge is -2.49. The van der Waals surface area contributed by atoms with Gasteiger partial charge >= 0.3 is 6.09 Å². The second-order valence-electron chi connectivity index (χ2n) is 10.4. The Morgan fingerprint density at radius 1 is 1.03 bits per heavy atom. The number of halogens is 1. The lowest BCUT2D eigenvalue weighted by Crippen LogP contribution is -2.55. The van der Waals surface area contributed by atoms with Crippen molar-refractivity contribution in [2.45, 2.75) is 77.4 Å². The van der Waals surface area contributed by atoms with Crippen LogP contribution < -0.4 is 5.73 Å². The molecule has 0 radical (unpaired) electrons. The molecule has 0 atom stereocenters. The molecule has 2 N–H and O–H groups in total. The van der Waals surface area contributed by atoms with E-state index in [1.807, 2.05) is 31.7 Å². The summed E-state index contributed by atoms with van der Waals surface area (Å²) in [7, 11) is 0. The molecule has 1 aromatic carbocycles. The Bertz CT molecular complexity index is 743. The smallest absolute Gasteiger partial charge is 0.410 e. The minimum Gasteiger partial charge on any atom is -0.444 e. The number of nitrogens with two attached hydrogens (primary N) is 1. The quantitative estimate of drug-likeness (QED) is 0.700. The molecule has 168 valence electrons. The van der Waals surface area contributed by atoms with Crippen molar-refractivity contribution in [2.24, 2.45) is 5.92 Å². The highest BCUT2D eigenvalue weighted by molar-refractivity contribution is 5.68. The van der Waals surface area contributed by atoms with Crippen LogP contribution in [-0.4, -0.2) is 53.2 Å². The van der Waals surface area contributed by atoms with E-state index in [9.17, 15) is 9.18 Å². The van der Waals surface area contributed by atoms with Crippen LogP contribution >= 0.6 is 0 Å². The van der Waals surface area contributed by atoms with E-state index in [0.717, 1.165) is 57.4 Å². The topological polar surface area (TPSA) is 58.8 Å². The van der Waals surface area contributed by atoms with E-state index in [0.29, 0.717) is 11.6 Å². The normalized spacial score (nSPS) is 20.4. The summed E-state index contributed by atoms with van der Waals surface area (Å²) in [5, 5.41) is 0. The van der Waals surface area contributed by atoms with Crippen molar-refractivity contribution in [2.75, 3.05) is 31.9 Å². The fourth-order valence-corrected chi connectivity index (χ4v) is 4.99. The summed E-state index contributed by atoms with van der Waals surface area (Å²) in [6, 6.07) is 5.08. The van der Waals surface area contributed by atoms with E-state index in [1.165, 1.54) is 6.07 Å². The molecule has 0 spiro atoms. The Kier molecular flexibility index (Phi) is 6.66. The highest BCUT2D eigenvalue weighted by Crippen LogP contribution is 2.38. The number of carbonyl (C=O) groups is 1. The first-order valence-electron chi connectivity index (χ1n) is 11.3. The molecule has 0 bridgehead atoms. The molecule has 30 heavy (non-hydrogen) atoms. The fourth-order valence-electron chi connectivity index (χ4n) is 4.99. The van der Waals surface area contributed by atoms with Crippen LogP contribution in [0.5, 0.6) is 0 Å². The summed E-state index contributed by atoms with van der Waals surface area (Å²) >= 11 is 0. The Hall–Kier alpha value is -1.82. The van der Waals surface area contributed by atoms with Crippen molar-refractivity contribution in [3.05, 3.63) is 29.6 Å². The number of piperidine rings is 2. The van der Waals surface area contributed by atoms with Gasteiger partial charge < -0.3 is 15.4 Å². The maximum Gasteiger partial charge on any atom is 0.410 e. The fraction of sp³-hybridized carbons (Fsp3) is 0.708. The van der Waals surface area contributed by atoms with Gasteiger partial charge in [-0.25, -0.2) is 9.18 Å². The van der Waals surface area contributed by atoms with Crippen LogP contribution in [0.3, 0.4) is 0 Å². The number of amides is 1. The molecule has 1 amide bonds. The third kappa shape index (κ3) is 5.26. The summed E-state index contributed by atoms with van der Waals surface area (Å²) in [5.41, 5.74) is 6.58. The molecule has 0 aliphatic carbocycles. The van der Waals surface area contributed by atoms with Gasteiger partial charge in [-0.3, -0.25) is 4.90 Å². The summed E-state index contributed by atoms with van der Waals surface area (Å²) in [6.45, 7) is 13.8. The van der Waals surface area contributed by atoms with Crippen molar-refractivity contribution in [3.63, 3.8) is 0 Å². The predicted molar refractivity (Wildman–Crippen MR) is 119 cm³/mol. The van der Waals surface area contributed by atoms with E-state index in [1.54, 1.807) is 6.07 Å². The zero-order chi connectivity index (χ0) is 22.1. The minimum atomic E-state index is -0.457. The van der Waals surface area contributed by atoms with E-state index >= 15 is 0 Å². The zero-order valence-electron chi connectivity index (χ0n) is 19.2. The summed E-state index contributed by atoms with van der Waals surface area (Å²) in [4.78, 5) is 16.7. The van der Waals surface area contributed by atoms with Crippen LogP contribution in [0.15, 0.2) is 18.2 Å². The van der Waals surface area contributed by atoms with Crippen molar-refractivity contribution in [3.8, 4) is 0 Å². The van der Waals surface area contributed by atoms with Gasteiger partial charge in [0, 0.05) is 24.3 Å². The molecular formula is C24H38FN3O2. The Balaban J connectivity index is 1.54. The molecule has 1 aromatic rings. The van der Waals surface area contributed by atoms with Crippen molar-refractivity contribution < 1.29 is 13.9 Å². The first kappa shape index (κ1) is 22.9. The molecule has 5 nitrogen and oxygen atoms in total. The van der Waals surface area contributed by atoms with Gasteiger partial charge in [-0.2, -0.15) is 0 Å². The Labute approximate surface area is 180 Å². The first-order valence-corrected chi connectivity index (χ1v) is 11.3. The molecule has 2 fully saturated rings. The number of carbonyl (C=O) groups excluding carboxylic acids is 1. The third-order valence-corrected chi connectivity index (χ3v) is 6.92. The molecular weight excluding hydrogens is 381 g/mol. The molecule has 0 unspecified atom stereocenters. The Morgan fingerprint density at radius 3 is 2.17 bits per heavy atom. The van der Waals surface area contributed by atoms with Crippen LogP contribution in [0.25, 0.3) is 0 Å². The maximum atomic E-state index is 14.3. The standard InChI is InChI=1S/C24H38FN3O2/c1-23(2,3)30-22(29)27-12-10-18(11-13-27)24(4,5)28-14-8-17(9-15-28)20-7-6-19(26)16-21(20)25/h6-7,16-18H,8-15,26H2,1-5H3. The van der Waals surface area contributed by atoms with Crippen LogP contribution in [0.2, 0.25) is 0 Å². The van der Waals surface area contributed by atoms with E-state index in [2.05, 4.69) is 18.7 Å². The Morgan fingerprint density at radius 2 is 1.63 bits per heavy atom. The molecule has 0 saturated carbocycles. The van der Waals surface area contributed by atoms with Gasteiger partial charge in [0.2, 0.25) is 0 Å². The second-order valence-corrected chi connectivity index (χ2v) is 10.4. The maximum absolute atomic E-state index is 14.3. The summed E-state index contributed by atoms with van der Waals surface area (Å²) in [6.07, 6.45) is 3.68. The average Bonchev–Trinajstić information content (AvgIpc) is 2.67. The van der Waals surface area contributed by atoms with Crippen LogP contribution in [-0.2, 0) is 4.74 Å². The number of nitrogen functional groups attached to an aromatic ring is 1. The monoisotopic (exact) mass is 419 g/mol. The highest BCUT2D eigenvalue weighted by atomic mass is 19.1. The molecule has 0 aromatic heterocycles. The number of likely N-dealkylation sites (tertiary alicyclic amines) is 2. The number of rotatable bonds is 3. The van der Waals surface area contributed by atoms with Gasteiger partial charge in [0.05, 0.1) is 0 Å². The number of hydrogen-bond acceptors (Lipinski definition) is 4. The van der Waals surface area contributed by atoms with Crippen molar-refractivity contribution >= 4 is 11.8 Å². The number of hydrogen-bond donors (Lipinski definition) is 1.